The lowest BCUT2D eigenvalue weighted by molar-refractivity contribution is -0.140. The number of ether oxygens (including phenoxy) is 2. The average Bonchev–Trinajstić information content (AvgIpc) is 3.16. The van der Waals surface area contributed by atoms with Crippen LogP contribution in [0.5, 0.6) is 5.75 Å². The average molecular weight is 479 g/mol. The number of hydrogen-bond donors (Lipinski definition) is 1. The molecule has 0 saturated carbocycles. The van der Waals surface area contributed by atoms with Crippen LogP contribution < -0.4 is 4.74 Å². The van der Waals surface area contributed by atoms with Crippen LogP contribution in [0.25, 0.3) is 5.76 Å². The number of morpholine rings is 1. The predicted octanol–water partition coefficient (Wildman–Crippen LogP) is 4.01. The third-order valence-corrected chi connectivity index (χ3v) is 6.54. The van der Waals surface area contributed by atoms with E-state index in [2.05, 4.69) is 11.8 Å². The van der Waals surface area contributed by atoms with Gasteiger partial charge in [-0.3, -0.25) is 14.5 Å². The molecule has 0 aliphatic carbocycles. The topological polar surface area (TPSA) is 79.3 Å². The lowest BCUT2D eigenvalue weighted by Gasteiger charge is -2.31. The highest BCUT2D eigenvalue weighted by molar-refractivity contribution is 6.46. The number of benzene rings is 2. The number of nitrogens with zero attached hydrogens (tertiary/aromatic N) is 2. The minimum absolute atomic E-state index is 0.117. The van der Waals surface area contributed by atoms with Gasteiger partial charge in [0.15, 0.2) is 0 Å². The molecule has 2 heterocycles. The summed E-state index contributed by atoms with van der Waals surface area (Å²) in [6.07, 6.45) is 3.17. The van der Waals surface area contributed by atoms with Gasteiger partial charge in [0.05, 0.1) is 31.4 Å². The molecule has 2 saturated heterocycles. The first-order chi connectivity index (χ1) is 17.1. The van der Waals surface area contributed by atoms with Gasteiger partial charge in [0, 0.05) is 31.7 Å². The predicted molar refractivity (Wildman–Crippen MR) is 134 cm³/mol. The van der Waals surface area contributed by atoms with Crippen LogP contribution in [0, 0.1) is 0 Å². The number of likely N-dealkylation sites (tertiary alicyclic amines) is 1. The minimum atomic E-state index is -0.685. The van der Waals surface area contributed by atoms with E-state index in [1.807, 2.05) is 30.3 Å². The Labute approximate surface area is 206 Å². The maximum Gasteiger partial charge on any atom is 0.295 e. The molecule has 1 unspecified atom stereocenters. The zero-order chi connectivity index (χ0) is 24.6. The summed E-state index contributed by atoms with van der Waals surface area (Å²) in [7, 11) is 0. The normalized spacial score (nSPS) is 20.4. The van der Waals surface area contributed by atoms with Crippen molar-refractivity contribution >= 4 is 17.4 Å². The lowest BCUT2D eigenvalue weighted by atomic mass is 9.95. The van der Waals surface area contributed by atoms with Crippen LogP contribution in [0.1, 0.15) is 43.4 Å². The first-order valence-corrected chi connectivity index (χ1v) is 12.5. The van der Waals surface area contributed by atoms with E-state index in [0.29, 0.717) is 44.2 Å². The van der Waals surface area contributed by atoms with Gasteiger partial charge in [0.2, 0.25) is 0 Å². The molecule has 0 aromatic heterocycles. The van der Waals surface area contributed by atoms with Crippen molar-refractivity contribution in [3.63, 3.8) is 0 Å². The van der Waals surface area contributed by atoms with Crippen molar-refractivity contribution in [2.45, 2.75) is 32.2 Å². The molecule has 2 aromatic carbocycles. The third-order valence-electron chi connectivity index (χ3n) is 6.54. The number of amides is 1. The monoisotopic (exact) mass is 478 g/mol. The molecule has 1 atom stereocenters. The van der Waals surface area contributed by atoms with Crippen LogP contribution in [0.2, 0.25) is 0 Å². The van der Waals surface area contributed by atoms with E-state index in [4.69, 9.17) is 9.47 Å². The maximum atomic E-state index is 13.2. The standard InChI is InChI=1S/C28H34N2O5/c1-2-3-7-17-35-23-12-8-11-22(20-23)25-24(26(31)21-9-5-4-6-10-21)27(32)28(33)30(25)14-13-29-15-18-34-19-16-29/h4-6,8-12,20,25,31H,2-3,7,13-19H2,1H3. The first-order valence-electron chi connectivity index (χ1n) is 12.5. The van der Waals surface area contributed by atoms with Crippen LogP contribution in [-0.2, 0) is 14.3 Å². The summed E-state index contributed by atoms with van der Waals surface area (Å²) in [5.41, 5.74) is 1.37. The van der Waals surface area contributed by atoms with Crippen molar-refractivity contribution in [3.8, 4) is 5.75 Å². The molecule has 2 aliphatic heterocycles. The number of ketones is 1. The number of carbonyl (C=O) groups is 2. The number of rotatable bonds is 10. The summed E-state index contributed by atoms with van der Waals surface area (Å²) >= 11 is 0. The van der Waals surface area contributed by atoms with E-state index in [1.165, 1.54) is 0 Å². The van der Waals surface area contributed by atoms with Crippen molar-refractivity contribution in [3.05, 3.63) is 71.3 Å². The Hall–Kier alpha value is -3.16. The van der Waals surface area contributed by atoms with Crippen molar-refractivity contribution < 1.29 is 24.2 Å². The van der Waals surface area contributed by atoms with Crippen molar-refractivity contribution in [2.75, 3.05) is 46.0 Å². The smallest absolute Gasteiger partial charge is 0.295 e. The summed E-state index contributed by atoms with van der Waals surface area (Å²) in [6, 6.07) is 15.7. The zero-order valence-electron chi connectivity index (χ0n) is 20.3. The van der Waals surface area contributed by atoms with Crippen LogP contribution in [0.3, 0.4) is 0 Å². The molecule has 4 rings (SSSR count). The highest BCUT2D eigenvalue weighted by Crippen LogP contribution is 2.40. The van der Waals surface area contributed by atoms with Gasteiger partial charge in [-0.1, -0.05) is 62.2 Å². The van der Waals surface area contributed by atoms with E-state index in [0.717, 1.165) is 37.9 Å². The Balaban J connectivity index is 1.67. The second-order valence-corrected chi connectivity index (χ2v) is 8.94. The highest BCUT2D eigenvalue weighted by atomic mass is 16.5. The number of aliphatic hydroxyl groups is 1. The molecule has 186 valence electrons. The largest absolute Gasteiger partial charge is 0.507 e. The van der Waals surface area contributed by atoms with Gasteiger partial charge >= 0.3 is 0 Å². The molecule has 0 spiro atoms. The van der Waals surface area contributed by atoms with Crippen LogP contribution in [0.4, 0.5) is 0 Å². The van der Waals surface area contributed by atoms with Crippen molar-refractivity contribution in [1.29, 1.82) is 0 Å². The number of hydrogen-bond acceptors (Lipinski definition) is 6. The van der Waals surface area contributed by atoms with E-state index in [-0.39, 0.29) is 11.3 Å². The highest BCUT2D eigenvalue weighted by Gasteiger charge is 2.46. The minimum Gasteiger partial charge on any atom is -0.507 e. The van der Waals surface area contributed by atoms with E-state index < -0.39 is 17.7 Å². The van der Waals surface area contributed by atoms with Crippen molar-refractivity contribution in [1.82, 2.24) is 9.80 Å². The fourth-order valence-electron chi connectivity index (χ4n) is 4.60. The molecule has 2 aliphatic rings. The van der Waals surface area contributed by atoms with Crippen molar-refractivity contribution in [2.24, 2.45) is 0 Å². The Bertz CT molecular complexity index is 1050. The van der Waals surface area contributed by atoms with E-state index in [1.54, 1.807) is 29.2 Å². The number of Topliss-reactive ketones (excluding diaryl/α,β-unsaturated/α-hetero) is 1. The van der Waals surface area contributed by atoms with E-state index >= 15 is 0 Å². The summed E-state index contributed by atoms with van der Waals surface area (Å²) in [4.78, 5) is 30.2. The summed E-state index contributed by atoms with van der Waals surface area (Å²) in [5, 5.41) is 11.2. The van der Waals surface area contributed by atoms with Gasteiger partial charge in [0.25, 0.3) is 11.7 Å². The Kier molecular flexibility index (Phi) is 8.55. The molecular weight excluding hydrogens is 444 g/mol. The van der Waals surface area contributed by atoms with Gasteiger partial charge in [-0.05, 0) is 24.1 Å². The summed E-state index contributed by atoms with van der Waals surface area (Å²) in [6.45, 7) is 6.67. The Morgan fingerprint density at radius 3 is 2.54 bits per heavy atom. The van der Waals surface area contributed by atoms with Crippen LogP contribution in [0.15, 0.2) is 60.2 Å². The molecule has 7 heteroatoms. The fourth-order valence-corrected chi connectivity index (χ4v) is 4.60. The van der Waals surface area contributed by atoms with Gasteiger partial charge in [-0.25, -0.2) is 0 Å². The first kappa shape index (κ1) is 24.9. The fraction of sp³-hybridized carbons (Fsp3) is 0.429. The summed E-state index contributed by atoms with van der Waals surface area (Å²) < 4.78 is 11.4. The molecule has 2 fully saturated rings. The molecule has 0 radical (unpaired) electrons. The van der Waals surface area contributed by atoms with Gasteiger partial charge in [-0.2, -0.15) is 0 Å². The Morgan fingerprint density at radius 1 is 1.03 bits per heavy atom. The van der Waals surface area contributed by atoms with E-state index in [9.17, 15) is 14.7 Å². The second kappa shape index (κ2) is 12.0. The zero-order valence-corrected chi connectivity index (χ0v) is 20.3. The molecule has 1 amide bonds. The SMILES string of the molecule is CCCCCOc1cccc(C2C(=C(O)c3ccccc3)C(=O)C(=O)N2CCN2CCOCC2)c1. The number of aliphatic hydroxyl groups excluding tert-OH is 1. The maximum absolute atomic E-state index is 13.2. The van der Waals surface area contributed by atoms with Gasteiger partial charge < -0.3 is 19.5 Å². The third kappa shape index (κ3) is 5.92. The molecule has 7 nitrogen and oxygen atoms in total. The molecule has 35 heavy (non-hydrogen) atoms. The van der Waals surface area contributed by atoms with Gasteiger partial charge in [0.1, 0.15) is 11.5 Å². The number of unbranched alkanes of at least 4 members (excludes halogenated alkanes) is 2. The Morgan fingerprint density at radius 2 is 1.80 bits per heavy atom. The lowest BCUT2D eigenvalue weighted by Crippen LogP contribution is -2.42. The van der Waals surface area contributed by atoms with Crippen LogP contribution in [-0.4, -0.2) is 72.6 Å². The summed E-state index contributed by atoms with van der Waals surface area (Å²) in [5.74, 6) is -0.711. The quantitative estimate of drug-likeness (QED) is 0.241. The molecule has 1 N–H and O–H groups in total. The molecule has 0 bridgehead atoms. The molecular formula is C28H34N2O5. The molecule has 2 aromatic rings. The van der Waals surface area contributed by atoms with Gasteiger partial charge in [-0.15, -0.1) is 0 Å². The number of carbonyl (C=O) groups excluding carboxylic acids is 2. The van der Waals surface area contributed by atoms with Crippen LogP contribution >= 0.6 is 0 Å². The second-order valence-electron chi connectivity index (χ2n) is 8.94.